The Morgan fingerprint density at radius 1 is 1.17 bits per heavy atom. The van der Waals surface area contributed by atoms with Crippen LogP contribution in [0.3, 0.4) is 0 Å². The summed E-state index contributed by atoms with van der Waals surface area (Å²) in [5.41, 5.74) is 5.79. The van der Waals surface area contributed by atoms with E-state index in [0.29, 0.717) is 21.9 Å². The van der Waals surface area contributed by atoms with Crippen molar-refractivity contribution in [3.63, 3.8) is 0 Å². The molecule has 0 aromatic heterocycles. The number of carbonyl (C=O) groups excluding carboxylic acids is 2. The van der Waals surface area contributed by atoms with Gasteiger partial charge in [0.25, 0.3) is 11.8 Å². The first-order valence-electron chi connectivity index (χ1n) is 6.87. The molecule has 0 heterocycles. The molecule has 0 spiro atoms. The zero-order chi connectivity index (χ0) is 17.5. The van der Waals surface area contributed by atoms with Gasteiger partial charge in [0.15, 0.2) is 0 Å². The van der Waals surface area contributed by atoms with Gasteiger partial charge in [0, 0.05) is 16.7 Å². The molecule has 0 bridgehead atoms. The molecule has 2 aromatic rings. The maximum absolute atomic E-state index is 12.0. The molecule has 0 fully saturated rings. The number of carbonyl (C=O) groups is 2. The van der Waals surface area contributed by atoms with E-state index in [4.69, 9.17) is 16.3 Å². The molecular formula is C17H14ClIN2O3. The summed E-state index contributed by atoms with van der Waals surface area (Å²) in [5, 5.41) is 0.540. The summed E-state index contributed by atoms with van der Waals surface area (Å²) in [6.07, 6.45) is 2.86. The molecule has 2 rings (SSSR count). The molecule has 0 aliphatic rings. The van der Waals surface area contributed by atoms with Crippen molar-refractivity contribution < 1.29 is 14.3 Å². The highest BCUT2D eigenvalue weighted by atomic mass is 127. The minimum absolute atomic E-state index is 0.413. The molecule has 124 valence electrons. The third kappa shape index (κ3) is 4.97. The van der Waals surface area contributed by atoms with Crippen molar-refractivity contribution >= 4 is 52.1 Å². The average molecular weight is 457 g/mol. The van der Waals surface area contributed by atoms with Gasteiger partial charge >= 0.3 is 0 Å². The van der Waals surface area contributed by atoms with E-state index in [1.54, 1.807) is 49.6 Å². The van der Waals surface area contributed by atoms with E-state index in [1.165, 1.54) is 6.08 Å². The highest BCUT2D eigenvalue weighted by Gasteiger charge is 2.09. The van der Waals surface area contributed by atoms with Crippen LogP contribution in [0, 0.1) is 3.57 Å². The van der Waals surface area contributed by atoms with Gasteiger partial charge in [-0.25, -0.2) is 0 Å². The molecule has 2 aromatic carbocycles. The summed E-state index contributed by atoms with van der Waals surface area (Å²) >= 11 is 8.06. The Kier molecular flexibility index (Phi) is 6.62. The van der Waals surface area contributed by atoms with Gasteiger partial charge in [-0.15, -0.1) is 0 Å². The number of hydrogen-bond donors (Lipinski definition) is 2. The number of rotatable bonds is 4. The highest BCUT2D eigenvalue weighted by Crippen LogP contribution is 2.21. The van der Waals surface area contributed by atoms with Gasteiger partial charge in [0.1, 0.15) is 5.75 Å². The second-order valence-electron chi connectivity index (χ2n) is 4.65. The van der Waals surface area contributed by atoms with Crippen LogP contribution >= 0.6 is 34.2 Å². The lowest BCUT2D eigenvalue weighted by Crippen LogP contribution is -2.40. The predicted octanol–water partition coefficient (Wildman–Crippen LogP) is 3.43. The molecular weight excluding hydrogens is 443 g/mol. The van der Waals surface area contributed by atoms with Gasteiger partial charge in [-0.05, 0) is 58.5 Å². The van der Waals surface area contributed by atoms with Crippen LogP contribution < -0.4 is 15.6 Å². The van der Waals surface area contributed by atoms with Crippen LogP contribution in [-0.4, -0.2) is 18.9 Å². The van der Waals surface area contributed by atoms with Gasteiger partial charge in [0.2, 0.25) is 0 Å². The van der Waals surface area contributed by atoms with Gasteiger partial charge in [-0.2, -0.15) is 0 Å². The molecule has 5 nitrogen and oxygen atoms in total. The van der Waals surface area contributed by atoms with Crippen molar-refractivity contribution in [1.82, 2.24) is 10.9 Å². The van der Waals surface area contributed by atoms with E-state index in [1.807, 2.05) is 6.07 Å². The molecule has 0 atom stereocenters. The van der Waals surface area contributed by atoms with Crippen molar-refractivity contribution in [1.29, 1.82) is 0 Å². The standard InChI is InChI=1S/C17H14ClIN2O3/c1-24-15-8-6-12(10-14(15)19)17(23)21-20-16(22)9-7-11-4-2-3-5-13(11)18/h2-10H,1H3,(H,20,22)(H,21,23)/b9-7+. The minimum atomic E-state index is -0.466. The Morgan fingerprint density at radius 2 is 1.92 bits per heavy atom. The Balaban J connectivity index is 1.93. The number of nitrogens with one attached hydrogen (secondary N) is 2. The number of methoxy groups -OCH3 is 1. The molecule has 0 aliphatic heterocycles. The highest BCUT2D eigenvalue weighted by molar-refractivity contribution is 14.1. The molecule has 2 N–H and O–H groups in total. The Bertz CT molecular complexity index is 793. The predicted molar refractivity (Wildman–Crippen MR) is 102 cm³/mol. The van der Waals surface area contributed by atoms with E-state index in [0.717, 1.165) is 3.57 Å². The summed E-state index contributed by atoms with van der Waals surface area (Å²) in [6.45, 7) is 0. The quantitative estimate of drug-likeness (QED) is 0.421. The summed E-state index contributed by atoms with van der Waals surface area (Å²) in [6, 6.07) is 12.1. The van der Waals surface area contributed by atoms with Gasteiger partial charge in [0.05, 0.1) is 10.7 Å². The fourth-order valence-electron chi connectivity index (χ4n) is 1.82. The Morgan fingerprint density at radius 3 is 2.58 bits per heavy atom. The van der Waals surface area contributed by atoms with Crippen LogP contribution in [0.1, 0.15) is 15.9 Å². The number of amides is 2. The third-order valence-electron chi connectivity index (χ3n) is 3.03. The third-order valence-corrected chi connectivity index (χ3v) is 4.22. The summed E-state index contributed by atoms with van der Waals surface area (Å²) in [4.78, 5) is 23.8. The molecule has 0 aliphatic carbocycles. The fourth-order valence-corrected chi connectivity index (χ4v) is 2.75. The largest absolute Gasteiger partial charge is 0.496 e. The first-order chi connectivity index (χ1) is 11.5. The summed E-state index contributed by atoms with van der Waals surface area (Å²) in [5.74, 6) is -0.208. The van der Waals surface area contributed by atoms with Gasteiger partial charge in [-0.3, -0.25) is 20.4 Å². The van der Waals surface area contributed by atoms with Crippen LogP contribution in [0.5, 0.6) is 5.75 Å². The Labute approximate surface area is 158 Å². The Hall–Kier alpha value is -2.06. The number of benzene rings is 2. The number of hydrazine groups is 1. The number of halogens is 2. The maximum atomic E-state index is 12.0. The average Bonchev–Trinajstić information content (AvgIpc) is 2.58. The fraction of sp³-hybridized carbons (Fsp3) is 0.0588. The van der Waals surface area contributed by atoms with Crippen LogP contribution in [-0.2, 0) is 4.79 Å². The van der Waals surface area contributed by atoms with Gasteiger partial charge < -0.3 is 4.74 Å². The zero-order valence-corrected chi connectivity index (χ0v) is 15.6. The second kappa shape index (κ2) is 8.70. The molecule has 7 heteroatoms. The lowest BCUT2D eigenvalue weighted by molar-refractivity contribution is -0.117. The molecule has 0 saturated heterocycles. The van der Waals surface area contributed by atoms with Crippen molar-refractivity contribution in [2.24, 2.45) is 0 Å². The van der Waals surface area contributed by atoms with E-state index < -0.39 is 11.8 Å². The smallest absolute Gasteiger partial charge is 0.269 e. The SMILES string of the molecule is COc1ccc(C(=O)NNC(=O)/C=C/c2ccccc2Cl)cc1I. The van der Waals surface area contributed by atoms with E-state index in [2.05, 4.69) is 33.4 Å². The molecule has 0 radical (unpaired) electrons. The number of hydrogen-bond acceptors (Lipinski definition) is 3. The van der Waals surface area contributed by atoms with Gasteiger partial charge in [-0.1, -0.05) is 29.8 Å². The van der Waals surface area contributed by atoms with E-state index >= 15 is 0 Å². The van der Waals surface area contributed by atoms with Crippen molar-refractivity contribution in [3.05, 3.63) is 68.3 Å². The lowest BCUT2D eigenvalue weighted by Gasteiger charge is -2.08. The number of ether oxygens (including phenoxy) is 1. The maximum Gasteiger partial charge on any atom is 0.269 e. The monoisotopic (exact) mass is 456 g/mol. The minimum Gasteiger partial charge on any atom is -0.496 e. The molecule has 0 unspecified atom stereocenters. The molecule has 0 saturated carbocycles. The van der Waals surface area contributed by atoms with Crippen molar-refractivity contribution in [2.75, 3.05) is 7.11 Å². The van der Waals surface area contributed by atoms with E-state index in [-0.39, 0.29) is 0 Å². The summed E-state index contributed by atoms with van der Waals surface area (Å²) in [7, 11) is 1.56. The topological polar surface area (TPSA) is 67.4 Å². The molecule has 2 amide bonds. The second-order valence-corrected chi connectivity index (χ2v) is 6.22. The summed E-state index contributed by atoms with van der Waals surface area (Å²) < 4.78 is 5.93. The zero-order valence-electron chi connectivity index (χ0n) is 12.7. The molecule has 24 heavy (non-hydrogen) atoms. The normalized spacial score (nSPS) is 10.5. The van der Waals surface area contributed by atoms with Crippen LogP contribution in [0.25, 0.3) is 6.08 Å². The van der Waals surface area contributed by atoms with Crippen molar-refractivity contribution in [3.8, 4) is 5.75 Å². The van der Waals surface area contributed by atoms with Crippen molar-refractivity contribution in [2.45, 2.75) is 0 Å². The van der Waals surface area contributed by atoms with Crippen LogP contribution in [0.2, 0.25) is 5.02 Å². The van der Waals surface area contributed by atoms with Crippen LogP contribution in [0.15, 0.2) is 48.5 Å². The van der Waals surface area contributed by atoms with E-state index in [9.17, 15) is 9.59 Å². The van der Waals surface area contributed by atoms with Crippen LogP contribution in [0.4, 0.5) is 0 Å². The lowest BCUT2D eigenvalue weighted by atomic mass is 10.2. The first-order valence-corrected chi connectivity index (χ1v) is 8.33. The first kappa shape index (κ1) is 18.3.